The third-order valence-electron chi connectivity index (χ3n) is 5.17. The van der Waals surface area contributed by atoms with Crippen LogP contribution in [0.3, 0.4) is 0 Å². The largest absolute Gasteiger partial charge is 0.395 e. The van der Waals surface area contributed by atoms with Crippen molar-refractivity contribution in [2.45, 2.75) is 0 Å². The highest BCUT2D eigenvalue weighted by Gasteiger charge is 2.17. The number of H-pyrrole nitrogens is 1. The number of anilines is 3. The summed E-state index contributed by atoms with van der Waals surface area (Å²) in [5.74, 6) is 2.20. The molecule has 10 nitrogen and oxygen atoms in total. The predicted octanol–water partition coefficient (Wildman–Crippen LogP) is 1.90. The number of aliphatic hydroxyl groups is 1. The SMILES string of the molecule is OCCNc1cc2nc(N/N=C/c3c[nH]c4ccccc34)cc(N3CCOCC3)n2n1. The third kappa shape index (κ3) is 4.03. The number of aliphatic hydroxyl groups excluding tert-OH is 1. The molecule has 31 heavy (non-hydrogen) atoms. The van der Waals surface area contributed by atoms with Crippen LogP contribution in [0.1, 0.15) is 5.56 Å². The number of hydrazone groups is 1. The van der Waals surface area contributed by atoms with Gasteiger partial charge in [-0.05, 0) is 6.07 Å². The number of nitrogens with zero attached hydrogens (tertiary/aromatic N) is 5. The van der Waals surface area contributed by atoms with Crippen LogP contribution in [0.15, 0.2) is 47.7 Å². The maximum atomic E-state index is 9.08. The van der Waals surface area contributed by atoms with E-state index in [0.29, 0.717) is 37.0 Å². The fourth-order valence-corrected chi connectivity index (χ4v) is 3.67. The van der Waals surface area contributed by atoms with Crippen molar-refractivity contribution in [3.05, 3.63) is 48.2 Å². The minimum atomic E-state index is 0.0347. The second-order valence-corrected chi connectivity index (χ2v) is 7.21. The van der Waals surface area contributed by atoms with Crippen molar-refractivity contribution < 1.29 is 9.84 Å². The van der Waals surface area contributed by atoms with Crippen molar-refractivity contribution in [3.8, 4) is 0 Å². The highest BCUT2D eigenvalue weighted by molar-refractivity contribution is 5.99. The van der Waals surface area contributed by atoms with Crippen LogP contribution < -0.4 is 15.6 Å². The minimum absolute atomic E-state index is 0.0347. The fraction of sp³-hybridized carbons (Fsp3) is 0.286. The van der Waals surface area contributed by atoms with E-state index in [1.54, 1.807) is 10.7 Å². The molecule has 0 spiro atoms. The second kappa shape index (κ2) is 8.62. The summed E-state index contributed by atoms with van der Waals surface area (Å²) in [4.78, 5) is 10.1. The second-order valence-electron chi connectivity index (χ2n) is 7.21. The average molecular weight is 420 g/mol. The van der Waals surface area contributed by atoms with Crippen molar-refractivity contribution >= 4 is 40.2 Å². The lowest BCUT2D eigenvalue weighted by atomic mass is 10.2. The topological polar surface area (TPSA) is 115 Å². The molecular weight excluding hydrogens is 396 g/mol. The van der Waals surface area contributed by atoms with Crippen molar-refractivity contribution in [1.29, 1.82) is 0 Å². The van der Waals surface area contributed by atoms with Crippen LogP contribution >= 0.6 is 0 Å². The van der Waals surface area contributed by atoms with Gasteiger partial charge in [-0.3, -0.25) is 5.43 Å². The molecule has 0 aliphatic carbocycles. The lowest BCUT2D eigenvalue weighted by Gasteiger charge is -2.29. The van der Waals surface area contributed by atoms with E-state index in [2.05, 4.69) is 41.9 Å². The van der Waals surface area contributed by atoms with Crippen molar-refractivity contribution in [2.75, 3.05) is 55.1 Å². The van der Waals surface area contributed by atoms with Gasteiger partial charge in [-0.2, -0.15) is 9.62 Å². The first kappa shape index (κ1) is 19.3. The van der Waals surface area contributed by atoms with Crippen LogP contribution in [-0.2, 0) is 4.74 Å². The molecule has 160 valence electrons. The number of hydrogen-bond acceptors (Lipinski definition) is 8. The predicted molar refractivity (Wildman–Crippen MR) is 121 cm³/mol. The highest BCUT2D eigenvalue weighted by atomic mass is 16.5. The van der Waals surface area contributed by atoms with E-state index in [4.69, 9.17) is 9.84 Å². The molecule has 1 aromatic carbocycles. The molecule has 1 aliphatic heterocycles. The molecule has 0 bridgehead atoms. The molecule has 1 aliphatic rings. The van der Waals surface area contributed by atoms with Gasteiger partial charge in [0.1, 0.15) is 5.82 Å². The van der Waals surface area contributed by atoms with Crippen LogP contribution in [0.25, 0.3) is 16.6 Å². The van der Waals surface area contributed by atoms with Crippen LogP contribution in [0.4, 0.5) is 17.5 Å². The number of para-hydroxylation sites is 1. The van der Waals surface area contributed by atoms with Gasteiger partial charge in [0.15, 0.2) is 17.3 Å². The maximum Gasteiger partial charge on any atom is 0.162 e. The molecule has 0 radical (unpaired) electrons. The molecule has 0 unspecified atom stereocenters. The smallest absolute Gasteiger partial charge is 0.162 e. The first-order chi connectivity index (χ1) is 15.3. The first-order valence-electron chi connectivity index (χ1n) is 10.3. The van der Waals surface area contributed by atoms with Crippen LogP contribution in [0.2, 0.25) is 0 Å². The quantitative estimate of drug-likeness (QED) is 0.267. The Morgan fingerprint density at radius 2 is 2.06 bits per heavy atom. The number of morpholine rings is 1. The lowest BCUT2D eigenvalue weighted by molar-refractivity contribution is 0.122. The molecular formula is C21H24N8O2. The zero-order valence-electron chi connectivity index (χ0n) is 17.0. The Hall–Kier alpha value is -3.63. The number of rotatable bonds is 7. The number of aromatic amines is 1. The molecule has 1 fully saturated rings. The summed E-state index contributed by atoms with van der Waals surface area (Å²) >= 11 is 0. The molecule has 5 rings (SSSR count). The molecule has 0 amide bonds. The molecule has 4 N–H and O–H groups in total. The van der Waals surface area contributed by atoms with Gasteiger partial charge in [0.2, 0.25) is 0 Å². The Labute approximate surface area is 178 Å². The maximum absolute atomic E-state index is 9.08. The summed E-state index contributed by atoms with van der Waals surface area (Å²) in [5.41, 5.74) is 5.81. The van der Waals surface area contributed by atoms with Gasteiger partial charge >= 0.3 is 0 Å². The Kier molecular flexibility index (Phi) is 5.38. The normalized spacial score (nSPS) is 14.7. The summed E-state index contributed by atoms with van der Waals surface area (Å²) in [7, 11) is 0. The van der Waals surface area contributed by atoms with Crippen LogP contribution in [0, 0.1) is 0 Å². The summed E-state index contributed by atoms with van der Waals surface area (Å²) in [5, 5.41) is 22.3. The Balaban J connectivity index is 1.44. The van der Waals surface area contributed by atoms with E-state index in [1.165, 1.54) is 0 Å². The van der Waals surface area contributed by atoms with E-state index < -0.39 is 0 Å². The zero-order valence-corrected chi connectivity index (χ0v) is 17.0. The Bertz CT molecular complexity index is 1210. The number of nitrogens with one attached hydrogen (secondary N) is 3. The van der Waals surface area contributed by atoms with Crippen LogP contribution in [-0.4, -0.2) is 70.4 Å². The number of fused-ring (bicyclic) bond motifs is 2. The lowest BCUT2D eigenvalue weighted by Crippen LogP contribution is -2.37. The number of hydrogen-bond donors (Lipinski definition) is 4. The number of ether oxygens (including phenoxy) is 1. The average Bonchev–Trinajstić information content (AvgIpc) is 3.42. The van der Waals surface area contributed by atoms with Gasteiger partial charge in [-0.15, -0.1) is 5.10 Å². The Morgan fingerprint density at radius 1 is 1.19 bits per heavy atom. The van der Waals surface area contributed by atoms with E-state index in [9.17, 15) is 0 Å². The van der Waals surface area contributed by atoms with Gasteiger partial charge in [0.25, 0.3) is 0 Å². The van der Waals surface area contributed by atoms with E-state index in [-0.39, 0.29) is 6.61 Å². The standard InChI is InChI=1S/C21H24N8O2/c30-8-5-22-18-11-20-25-19(12-21(29(20)27-18)28-6-9-31-10-7-28)26-24-14-15-13-23-17-4-2-1-3-16(15)17/h1-4,11-14,23,30H,5-10H2,(H,22,27)(H,25,26)/b24-14+. The van der Waals surface area contributed by atoms with Gasteiger partial charge in [0.05, 0.1) is 26.0 Å². The summed E-state index contributed by atoms with van der Waals surface area (Å²) in [6.45, 7) is 3.35. The summed E-state index contributed by atoms with van der Waals surface area (Å²) < 4.78 is 7.30. The Morgan fingerprint density at radius 3 is 2.94 bits per heavy atom. The molecule has 0 saturated carbocycles. The first-order valence-corrected chi connectivity index (χ1v) is 10.3. The third-order valence-corrected chi connectivity index (χ3v) is 5.17. The van der Waals surface area contributed by atoms with Crippen molar-refractivity contribution in [3.63, 3.8) is 0 Å². The molecule has 0 atom stereocenters. The summed E-state index contributed by atoms with van der Waals surface area (Å²) in [6.07, 6.45) is 3.71. The molecule has 4 aromatic rings. The zero-order chi connectivity index (χ0) is 21.0. The van der Waals surface area contributed by atoms with E-state index in [0.717, 1.165) is 35.4 Å². The number of aromatic nitrogens is 4. The van der Waals surface area contributed by atoms with Gasteiger partial charge < -0.3 is 25.0 Å². The van der Waals surface area contributed by atoms with E-state index in [1.807, 2.05) is 36.5 Å². The molecule has 4 heterocycles. The van der Waals surface area contributed by atoms with Crippen molar-refractivity contribution in [1.82, 2.24) is 19.6 Å². The molecule has 10 heteroatoms. The van der Waals surface area contributed by atoms with Crippen LogP contribution in [0.5, 0.6) is 0 Å². The monoisotopic (exact) mass is 420 g/mol. The van der Waals surface area contributed by atoms with Gasteiger partial charge in [-0.1, -0.05) is 18.2 Å². The molecule has 3 aromatic heterocycles. The number of benzene rings is 1. The molecule has 1 saturated heterocycles. The summed E-state index contributed by atoms with van der Waals surface area (Å²) in [6, 6.07) is 11.9. The van der Waals surface area contributed by atoms with Gasteiger partial charge in [0, 0.05) is 54.4 Å². The highest BCUT2D eigenvalue weighted by Crippen LogP contribution is 2.23. The van der Waals surface area contributed by atoms with Crippen molar-refractivity contribution in [2.24, 2.45) is 5.10 Å². The van der Waals surface area contributed by atoms with Gasteiger partial charge in [-0.25, -0.2) is 4.98 Å². The van der Waals surface area contributed by atoms with E-state index >= 15 is 0 Å². The fourth-order valence-electron chi connectivity index (χ4n) is 3.67. The minimum Gasteiger partial charge on any atom is -0.395 e.